The summed E-state index contributed by atoms with van der Waals surface area (Å²) in [7, 11) is 0. The molecule has 2 aromatic rings. The molecule has 2 aromatic carbocycles. The van der Waals surface area contributed by atoms with Crippen molar-refractivity contribution in [3.05, 3.63) is 65.2 Å². The first kappa shape index (κ1) is 18.9. The smallest absolute Gasteiger partial charge is 0.388 e. The van der Waals surface area contributed by atoms with Crippen molar-refractivity contribution in [2.75, 3.05) is 5.01 Å². The van der Waals surface area contributed by atoms with Crippen molar-refractivity contribution >= 4 is 11.4 Å². The van der Waals surface area contributed by atoms with Crippen LogP contribution in [0.3, 0.4) is 0 Å². The highest BCUT2D eigenvalue weighted by molar-refractivity contribution is 6.03. The zero-order chi connectivity index (χ0) is 19.8. The zero-order valence-corrected chi connectivity index (χ0v) is 14.2. The summed E-state index contributed by atoms with van der Waals surface area (Å²) in [5.74, 6) is -1.09. The third-order valence-corrected chi connectivity index (χ3v) is 4.44. The Labute approximate surface area is 153 Å². The molecular weight excluding hydrogens is 359 g/mol. The summed E-state index contributed by atoms with van der Waals surface area (Å²) in [5.41, 5.74) is 0.735. The molecule has 5 nitrogen and oxygen atoms in total. The highest BCUT2D eigenvalue weighted by Gasteiger charge is 2.42. The molecule has 3 unspecified atom stereocenters. The largest absolute Gasteiger partial charge is 0.416 e. The van der Waals surface area contributed by atoms with Gasteiger partial charge in [0.25, 0.3) is 0 Å². The van der Waals surface area contributed by atoms with Crippen molar-refractivity contribution in [1.29, 1.82) is 5.26 Å². The van der Waals surface area contributed by atoms with Crippen LogP contribution in [0.4, 0.5) is 18.9 Å². The number of hydrogen-bond acceptors (Lipinski definition) is 5. The van der Waals surface area contributed by atoms with Gasteiger partial charge in [-0.25, -0.2) is 5.01 Å². The zero-order valence-electron chi connectivity index (χ0n) is 14.2. The molecule has 0 bridgehead atoms. The first-order valence-corrected chi connectivity index (χ1v) is 8.10. The quantitative estimate of drug-likeness (QED) is 0.862. The average molecular weight is 375 g/mol. The number of nitrogens with zero attached hydrogens (tertiary/aromatic N) is 3. The maximum absolute atomic E-state index is 12.7. The van der Waals surface area contributed by atoms with Crippen molar-refractivity contribution in [3.8, 4) is 6.07 Å². The van der Waals surface area contributed by atoms with E-state index in [1.807, 2.05) is 25.1 Å². The van der Waals surface area contributed by atoms with Crippen LogP contribution in [0.5, 0.6) is 0 Å². The normalized spacial score (nSPS) is 20.9. The van der Waals surface area contributed by atoms with Gasteiger partial charge in [0.05, 0.1) is 23.3 Å². The van der Waals surface area contributed by atoms with E-state index in [-0.39, 0.29) is 11.3 Å². The first-order valence-electron chi connectivity index (χ1n) is 8.10. The van der Waals surface area contributed by atoms with Crippen LogP contribution in [0.15, 0.2) is 53.6 Å². The summed E-state index contributed by atoms with van der Waals surface area (Å²) in [5, 5.41) is 35.8. The SMILES string of the molecule is Cc1ccc(N2N=C(C#N)C(C(O)c3ccc(C(F)(F)F)cc3)C2O)cc1. The fraction of sp³-hybridized carbons (Fsp3) is 0.263. The number of aliphatic hydroxyl groups excluding tert-OH is 2. The van der Waals surface area contributed by atoms with Crippen molar-refractivity contribution in [2.45, 2.75) is 25.4 Å². The van der Waals surface area contributed by atoms with Crippen molar-refractivity contribution in [2.24, 2.45) is 11.0 Å². The van der Waals surface area contributed by atoms with Crippen LogP contribution in [-0.2, 0) is 6.18 Å². The van der Waals surface area contributed by atoms with Gasteiger partial charge in [-0.15, -0.1) is 0 Å². The number of alkyl halides is 3. The number of aryl methyl sites for hydroxylation is 1. The second-order valence-corrected chi connectivity index (χ2v) is 6.28. The minimum atomic E-state index is -4.49. The third kappa shape index (κ3) is 3.65. The van der Waals surface area contributed by atoms with Gasteiger partial charge >= 0.3 is 6.18 Å². The molecule has 1 aliphatic heterocycles. The Kier molecular flexibility index (Phi) is 4.91. The number of aliphatic hydroxyl groups is 2. The Morgan fingerprint density at radius 2 is 1.70 bits per heavy atom. The van der Waals surface area contributed by atoms with Crippen molar-refractivity contribution in [3.63, 3.8) is 0 Å². The molecular formula is C19H16F3N3O2. The molecule has 1 heterocycles. The number of rotatable bonds is 3. The summed E-state index contributed by atoms with van der Waals surface area (Å²) in [6, 6.07) is 12.8. The minimum Gasteiger partial charge on any atom is -0.388 e. The molecule has 0 aromatic heterocycles. The van der Waals surface area contributed by atoms with E-state index < -0.39 is 30.0 Å². The van der Waals surface area contributed by atoms with E-state index in [4.69, 9.17) is 0 Å². The summed E-state index contributed by atoms with van der Waals surface area (Å²) < 4.78 is 38.1. The van der Waals surface area contributed by atoms with Crippen molar-refractivity contribution in [1.82, 2.24) is 0 Å². The number of halogens is 3. The Morgan fingerprint density at radius 3 is 2.22 bits per heavy atom. The Hall–Kier alpha value is -2.89. The molecule has 3 rings (SSSR count). The summed E-state index contributed by atoms with van der Waals surface area (Å²) in [6.45, 7) is 1.89. The molecule has 8 heteroatoms. The van der Waals surface area contributed by atoms with Crippen LogP contribution in [-0.4, -0.2) is 22.2 Å². The van der Waals surface area contributed by atoms with Crippen LogP contribution in [0.25, 0.3) is 0 Å². The highest BCUT2D eigenvalue weighted by Crippen LogP contribution is 2.36. The van der Waals surface area contributed by atoms with Gasteiger partial charge in [0.1, 0.15) is 11.8 Å². The number of anilines is 1. The van der Waals surface area contributed by atoms with Gasteiger partial charge in [0.2, 0.25) is 0 Å². The maximum Gasteiger partial charge on any atom is 0.416 e. The summed E-state index contributed by atoms with van der Waals surface area (Å²) >= 11 is 0. The lowest BCUT2D eigenvalue weighted by molar-refractivity contribution is -0.137. The van der Waals surface area contributed by atoms with E-state index in [1.165, 1.54) is 5.01 Å². The van der Waals surface area contributed by atoms with Gasteiger partial charge in [-0.3, -0.25) is 0 Å². The van der Waals surface area contributed by atoms with Crippen LogP contribution in [0.2, 0.25) is 0 Å². The second-order valence-electron chi connectivity index (χ2n) is 6.28. The molecule has 140 valence electrons. The lowest BCUT2D eigenvalue weighted by Crippen LogP contribution is -2.36. The van der Waals surface area contributed by atoms with E-state index in [9.17, 15) is 28.6 Å². The fourth-order valence-corrected chi connectivity index (χ4v) is 2.93. The molecule has 0 fully saturated rings. The molecule has 2 N–H and O–H groups in total. The van der Waals surface area contributed by atoms with E-state index in [0.717, 1.165) is 29.8 Å². The van der Waals surface area contributed by atoms with Crippen LogP contribution in [0.1, 0.15) is 22.8 Å². The predicted octanol–water partition coefficient (Wildman–Crippen LogP) is 3.38. The first-order chi connectivity index (χ1) is 12.7. The van der Waals surface area contributed by atoms with Crippen LogP contribution < -0.4 is 5.01 Å². The number of hydrogen-bond donors (Lipinski definition) is 2. The fourth-order valence-electron chi connectivity index (χ4n) is 2.93. The molecule has 0 aliphatic carbocycles. The van der Waals surface area contributed by atoms with E-state index in [0.29, 0.717) is 5.69 Å². The van der Waals surface area contributed by atoms with E-state index >= 15 is 0 Å². The molecule has 0 radical (unpaired) electrons. The maximum atomic E-state index is 12.7. The van der Waals surface area contributed by atoms with Crippen LogP contribution in [0, 0.1) is 24.2 Å². The molecule has 0 saturated heterocycles. The summed E-state index contributed by atoms with van der Waals surface area (Å²) in [4.78, 5) is 0. The Balaban J connectivity index is 1.88. The average Bonchev–Trinajstić information content (AvgIpc) is 2.97. The molecule has 0 spiro atoms. The summed E-state index contributed by atoms with van der Waals surface area (Å²) in [6.07, 6.45) is -7.21. The van der Waals surface area contributed by atoms with Gasteiger partial charge in [-0.1, -0.05) is 29.8 Å². The molecule has 0 amide bonds. The van der Waals surface area contributed by atoms with E-state index in [2.05, 4.69) is 5.10 Å². The van der Waals surface area contributed by atoms with Crippen LogP contribution >= 0.6 is 0 Å². The minimum absolute atomic E-state index is 0.101. The van der Waals surface area contributed by atoms with Gasteiger partial charge in [-0.2, -0.15) is 23.5 Å². The van der Waals surface area contributed by atoms with Gasteiger partial charge < -0.3 is 10.2 Å². The Morgan fingerprint density at radius 1 is 1.11 bits per heavy atom. The predicted molar refractivity (Wildman–Crippen MR) is 92.6 cm³/mol. The standard InChI is InChI=1S/C19H16F3N3O2/c1-11-2-8-14(9-3-11)25-18(27)16(15(10-23)24-25)17(26)12-4-6-13(7-5-12)19(20,21)22/h2-9,16-18,26-27H,1H3. The highest BCUT2D eigenvalue weighted by atomic mass is 19.4. The van der Waals surface area contributed by atoms with E-state index in [1.54, 1.807) is 12.1 Å². The van der Waals surface area contributed by atoms with Crippen molar-refractivity contribution < 1.29 is 23.4 Å². The molecule has 3 atom stereocenters. The third-order valence-electron chi connectivity index (χ3n) is 4.44. The Bertz CT molecular complexity index is 886. The molecule has 1 aliphatic rings. The van der Waals surface area contributed by atoms with Gasteiger partial charge in [0, 0.05) is 0 Å². The van der Waals surface area contributed by atoms with Gasteiger partial charge in [-0.05, 0) is 36.8 Å². The molecule has 27 heavy (non-hydrogen) atoms. The lowest BCUT2D eigenvalue weighted by atomic mass is 9.90. The lowest BCUT2D eigenvalue weighted by Gasteiger charge is -2.26. The molecule has 0 saturated carbocycles. The van der Waals surface area contributed by atoms with Gasteiger partial charge in [0.15, 0.2) is 6.23 Å². The monoisotopic (exact) mass is 375 g/mol. The number of benzene rings is 2. The number of hydrazone groups is 1. The second kappa shape index (κ2) is 7.02. The number of nitriles is 1. The topological polar surface area (TPSA) is 79.9 Å².